The van der Waals surface area contributed by atoms with E-state index in [1.54, 1.807) is 18.3 Å². The third-order valence-corrected chi connectivity index (χ3v) is 2.10. The Balaban J connectivity index is 2.60. The lowest BCUT2D eigenvalue weighted by Crippen LogP contribution is -2.41. The van der Waals surface area contributed by atoms with Gasteiger partial charge in [-0.05, 0) is 17.7 Å². The number of carboxylic acids is 2. The fourth-order valence-electron chi connectivity index (χ4n) is 1.24. The second-order valence-corrected chi connectivity index (χ2v) is 3.62. The molecule has 1 rings (SSSR count). The van der Waals surface area contributed by atoms with E-state index in [1.807, 2.05) is 0 Å². The van der Waals surface area contributed by atoms with E-state index in [2.05, 4.69) is 10.3 Å². The molecule has 1 aromatic rings. The highest BCUT2D eigenvalue weighted by molar-refractivity contribution is 5.95. The summed E-state index contributed by atoms with van der Waals surface area (Å²) in [6.45, 7) is 0. The van der Waals surface area contributed by atoms with Gasteiger partial charge in [0.1, 0.15) is 6.04 Å². The van der Waals surface area contributed by atoms with Crippen LogP contribution in [0, 0.1) is 0 Å². The van der Waals surface area contributed by atoms with Gasteiger partial charge in [-0.15, -0.1) is 0 Å². The number of rotatable bonds is 6. The van der Waals surface area contributed by atoms with Crippen molar-refractivity contribution in [2.24, 2.45) is 0 Å². The van der Waals surface area contributed by atoms with Crippen LogP contribution in [0.15, 0.2) is 30.6 Å². The number of aliphatic carboxylic acids is 2. The minimum absolute atomic E-state index is 0.669. The van der Waals surface area contributed by atoms with Crippen molar-refractivity contribution < 1.29 is 24.6 Å². The Morgan fingerprint density at radius 1 is 1.37 bits per heavy atom. The smallest absolute Gasteiger partial charge is 0.326 e. The molecule has 0 fully saturated rings. The summed E-state index contributed by atoms with van der Waals surface area (Å²) in [6.07, 6.45) is 4.99. The molecule has 0 aromatic carbocycles. The SMILES string of the molecule is O=C(O)CC(NC(=O)/C=C/c1cccnc1)C(=O)O. The molecule has 7 nitrogen and oxygen atoms in total. The highest BCUT2D eigenvalue weighted by Gasteiger charge is 2.21. The van der Waals surface area contributed by atoms with Crippen molar-refractivity contribution in [2.75, 3.05) is 0 Å². The monoisotopic (exact) mass is 264 g/mol. The normalized spacial score (nSPS) is 12.0. The molecule has 100 valence electrons. The van der Waals surface area contributed by atoms with E-state index in [1.165, 1.54) is 12.3 Å². The Bertz CT molecular complexity index is 498. The minimum Gasteiger partial charge on any atom is -0.481 e. The first-order valence-electron chi connectivity index (χ1n) is 5.32. The van der Waals surface area contributed by atoms with Crippen molar-refractivity contribution in [3.8, 4) is 0 Å². The minimum atomic E-state index is -1.46. The number of amides is 1. The van der Waals surface area contributed by atoms with Gasteiger partial charge >= 0.3 is 11.9 Å². The van der Waals surface area contributed by atoms with E-state index in [4.69, 9.17) is 10.2 Å². The molecule has 7 heteroatoms. The van der Waals surface area contributed by atoms with Crippen molar-refractivity contribution in [1.29, 1.82) is 0 Å². The Morgan fingerprint density at radius 2 is 2.11 bits per heavy atom. The van der Waals surface area contributed by atoms with Gasteiger partial charge in [-0.1, -0.05) is 6.07 Å². The van der Waals surface area contributed by atoms with Crippen molar-refractivity contribution in [1.82, 2.24) is 10.3 Å². The summed E-state index contributed by atoms with van der Waals surface area (Å²) < 4.78 is 0. The second-order valence-electron chi connectivity index (χ2n) is 3.62. The molecule has 0 saturated carbocycles. The number of carbonyl (C=O) groups is 3. The molecule has 1 atom stereocenters. The van der Waals surface area contributed by atoms with Gasteiger partial charge in [0.2, 0.25) is 5.91 Å². The predicted molar refractivity (Wildman–Crippen MR) is 65.1 cm³/mol. The quantitative estimate of drug-likeness (QED) is 0.629. The number of hydrogen-bond acceptors (Lipinski definition) is 4. The van der Waals surface area contributed by atoms with Gasteiger partial charge in [0.15, 0.2) is 0 Å². The maximum Gasteiger partial charge on any atom is 0.326 e. The Kier molecular flexibility index (Phi) is 5.21. The largest absolute Gasteiger partial charge is 0.481 e. The van der Waals surface area contributed by atoms with Crippen LogP contribution in [0.3, 0.4) is 0 Å². The number of nitrogens with zero attached hydrogens (tertiary/aromatic N) is 1. The summed E-state index contributed by atoms with van der Waals surface area (Å²) in [6, 6.07) is 1.94. The molecule has 0 saturated heterocycles. The molecule has 0 spiro atoms. The fraction of sp³-hybridized carbons (Fsp3) is 0.167. The molecule has 19 heavy (non-hydrogen) atoms. The van der Waals surface area contributed by atoms with E-state index >= 15 is 0 Å². The highest BCUT2D eigenvalue weighted by Crippen LogP contribution is 1.99. The van der Waals surface area contributed by atoms with Crippen LogP contribution in [-0.2, 0) is 14.4 Å². The first-order valence-corrected chi connectivity index (χ1v) is 5.32. The third-order valence-electron chi connectivity index (χ3n) is 2.10. The zero-order valence-electron chi connectivity index (χ0n) is 9.81. The number of carbonyl (C=O) groups excluding carboxylic acids is 1. The number of nitrogens with one attached hydrogen (secondary N) is 1. The Morgan fingerprint density at radius 3 is 2.63 bits per heavy atom. The van der Waals surface area contributed by atoms with E-state index in [-0.39, 0.29) is 0 Å². The van der Waals surface area contributed by atoms with Crippen LogP contribution < -0.4 is 5.32 Å². The van der Waals surface area contributed by atoms with Crippen LogP contribution in [0.25, 0.3) is 6.08 Å². The summed E-state index contributed by atoms with van der Waals surface area (Å²) in [5.74, 6) is -3.38. The molecule has 1 aromatic heterocycles. The van der Waals surface area contributed by atoms with Crippen LogP contribution in [0.4, 0.5) is 0 Å². The van der Waals surface area contributed by atoms with E-state index in [9.17, 15) is 14.4 Å². The molecule has 0 aliphatic heterocycles. The van der Waals surface area contributed by atoms with Gasteiger partial charge in [0.05, 0.1) is 6.42 Å². The molecular formula is C12H12N2O5. The lowest BCUT2D eigenvalue weighted by molar-refractivity contribution is -0.146. The summed E-state index contributed by atoms with van der Waals surface area (Å²) in [4.78, 5) is 36.4. The predicted octanol–water partition coefficient (Wildman–Crippen LogP) is 0.139. The van der Waals surface area contributed by atoms with Gasteiger partial charge < -0.3 is 15.5 Å². The first kappa shape index (κ1) is 14.4. The van der Waals surface area contributed by atoms with Crippen LogP contribution in [-0.4, -0.2) is 39.1 Å². The first-order chi connectivity index (χ1) is 8.99. The Hall–Kier alpha value is -2.70. The standard InChI is InChI=1S/C12H12N2O5/c15-10(4-3-8-2-1-5-13-7-8)14-9(12(18)19)6-11(16)17/h1-5,7,9H,6H2,(H,14,15)(H,16,17)(H,18,19)/b4-3+. The van der Waals surface area contributed by atoms with Crippen LogP contribution in [0.2, 0.25) is 0 Å². The van der Waals surface area contributed by atoms with Gasteiger partial charge in [0, 0.05) is 18.5 Å². The molecule has 0 radical (unpaired) electrons. The molecule has 1 heterocycles. The topological polar surface area (TPSA) is 117 Å². The highest BCUT2D eigenvalue weighted by atomic mass is 16.4. The number of hydrogen-bond donors (Lipinski definition) is 3. The summed E-state index contributed by atoms with van der Waals surface area (Å²) in [7, 11) is 0. The fourth-order valence-corrected chi connectivity index (χ4v) is 1.24. The molecule has 0 aliphatic rings. The van der Waals surface area contributed by atoms with Crippen molar-refractivity contribution in [3.63, 3.8) is 0 Å². The zero-order chi connectivity index (χ0) is 14.3. The maximum absolute atomic E-state index is 11.4. The van der Waals surface area contributed by atoms with Crippen LogP contribution in [0.1, 0.15) is 12.0 Å². The number of pyridine rings is 1. The van der Waals surface area contributed by atoms with Crippen molar-refractivity contribution in [2.45, 2.75) is 12.5 Å². The van der Waals surface area contributed by atoms with Crippen LogP contribution in [0.5, 0.6) is 0 Å². The van der Waals surface area contributed by atoms with E-state index in [0.717, 1.165) is 6.08 Å². The lowest BCUT2D eigenvalue weighted by Gasteiger charge is -2.10. The van der Waals surface area contributed by atoms with Crippen molar-refractivity contribution in [3.05, 3.63) is 36.2 Å². The van der Waals surface area contributed by atoms with Crippen molar-refractivity contribution >= 4 is 23.9 Å². The number of carboxylic acid groups (broad SMARTS) is 2. The average Bonchev–Trinajstić information content (AvgIpc) is 2.36. The molecule has 1 unspecified atom stereocenters. The van der Waals surface area contributed by atoms with Crippen LogP contribution >= 0.6 is 0 Å². The molecule has 0 bridgehead atoms. The molecule has 1 amide bonds. The average molecular weight is 264 g/mol. The lowest BCUT2D eigenvalue weighted by atomic mass is 10.2. The van der Waals surface area contributed by atoms with Gasteiger partial charge in [0.25, 0.3) is 0 Å². The van der Waals surface area contributed by atoms with Gasteiger partial charge in [-0.3, -0.25) is 14.6 Å². The van der Waals surface area contributed by atoms with Gasteiger partial charge in [-0.2, -0.15) is 0 Å². The summed E-state index contributed by atoms with van der Waals surface area (Å²) in [5.41, 5.74) is 0.669. The zero-order valence-corrected chi connectivity index (χ0v) is 9.81. The Labute approximate surface area is 108 Å². The molecule has 0 aliphatic carbocycles. The third kappa shape index (κ3) is 5.44. The maximum atomic E-state index is 11.4. The molecule has 3 N–H and O–H groups in total. The van der Waals surface area contributed by atoms with E-state index in [0.29, 0.717) is 5.56 Å². The van der Waals surface area contributed by atoms with E-state index < -0.39 is 30.3 Å². The number of aromatic nitrogens is 1. The summed E-state index contributed by atoms with van der Waals surface area (Å²) in [5, 5.41) is 19.3. The summed E-state index contributed by atoms with van der Waals surface area (Å²) >= 11 is 0. The van der Waals surface area contributed by atoms with Gasteiger partial charge in [-0.25, -0.2) is 4.79 Å². The second kappa shape index (κ2) is 6.90. The molecular weight excluding hydrogens is 252 g/mol.